The molecule has 0 aliphatic carbocycles. The zero-order valence-corrected chi connectivity index (χ0v) is 12.8. The van der Waals surface area contributed by atoms with E-state index in [1.807, 2.05) is 35.0 Å². The van der Waals surface area contributed by atoms with Gasteiger partial charge in [-0.15, -0.1) is 11.3 Å². The highest BCUT2D eigenvalue weighted by molar-refractivity contribution is 7.13. The maximum atomic E-state index is 9.09. The number of nitrogens with zero attached hydrogens (tertiary/aromatic N) is 2. The molecule has 4 aromatic rings. The minimum absolute atomic E-state index is 0.0881. The van der Waals surface area contributed by atoms with Gasteiger partial charge in [0.1, 0.15) is 23.8 Å². The van der Waals surface area contributed by atoms with Crippen molar-refractivity contribution in [1.29, 1.82) is 0 Å². The van der Waals surface area contributed by atoms with Crippen LogP contribution in [0.25, 0.3) is 27.5 Å². The summed E-state index contributed by atoms with van der Waals surface area (Å²) in [4.78, 5) is 5.82. The zero-order chi connectivity index (χ0) is 15.1. The molecule has 4 aromatic heterocycles. The number of aromatic nitrogens is 2. The predicted octanol–water partition coefficient (Wildman–Crippen LogP) is 4.12. The van der Waals surface area contributed by atoms with Crippen molar-refractivity contribution < 1.29 is 9.52 Å². The third kappa shape index (κ3) is 2.24. The molecule has 1 N–H and O–H groups in total. The largest absolute Gasteiger partial charge is 0.459 e. The molecule has 0 radical (unpaired) electrons. The van der Waals surface area contributed by atoms with E-state index in [9.17, 15) is 0 Å². The van der Waals surface area contributed by atoms with Crippen LogP contribution >= 0.6 is 11.3 Å². The summed E-state index contributed by atoms with van der Waals surface area (Å²) < 4.78 is 7.58. The molecule has 0 unspecified atom stereocenters. The molecule has 0 saturated carbocycles. The molecule has 4 nitrogen and oxygen atoms in total. The Balaban J connectivity index is 1.77. The van der Waals surface area contributed by atoms with Gasteiger partial charge >= 0.3 is 0 Å². The van der Waals surface area contributed by atoms with Crippen LogP contribution in [0.5, 0.6) is 0 Å². The van der Waals surface area contributed by atoms with Crippen molar-refractivity contribution in [3.05, 3.63) is 59.4 Å². The summed E-state index contributed by atoms with van der Waals surface area (Å²) in [6.07, 6.45) is 4.02. The number of rotatable bonds is 3. The third-order valence-corrected chi connectivity index (χ3v) is 4.61. The molecule has 0 amide bonds. The summed E-state index contributed by atoms with van der Waals surface area (Å²) in [5.41, 5.74) is 4.09. The standard InChI is InChI=1S/C17H14N2O2S/c1-11-6-16(22-10-11)14-8-19-7-12(2-5-17(19)18-14)15-4-3-13(9-20)21-15/h2-8,10,20H,9H2,1H3. The fourth-order valence-corrected chi connectivity index (χ4v) is 3.29. The average molecular weight is 310 g/mol. The maximum Gasteiger partial charge on any atom is 0.137 e. The number of aliphatic hydroxyl groups is 1. The second kappa shape index (κ2) is 5.12. The Kier molecular flexibility index (Phi) is 3.10. The van der Waals surface area contributed by atoms with Gasteiger partial charge in [0, 0.05) is 18.0 Å². The Labute approximate surface area is 131 Å². The van der Waals surface area contributed by atoms with E-state index in [2.05, 4.69) is 23.4 Å². The Bertz CT molecular complexity index is 949. The van der Waals surface area contributed by atoms with Gasteiger partial charge in [-0.3, -0.25) is 0 Å². The second-order valence-corrected chi connectivity index (χ2v) is 6.13. The number of hydrogen-bond acceptors (Lipinski definition) is 4. The fraction of sp³-hybridized carbons (Fsp3) is 0.118. The van der Waals surface area contributed by atoms with Crippen LogP contribution in [0.15, 0.2) is 52.5 Å². The first-order chi connectivity index (χ1) is 10.7. The monoisotopic (exact) mass is 310 g/mol. The first-order valence-corrected chi connectivity index (χ1v) is 7.85. The lowest BCUT2D eigenvalue weighted by atomic mass is 10.2. The Morgan fingerprint density at radius 2 is 2.14 bits per heavy atom. The van der Waals surface area contributed by atoms with E-state index in [0.717, 1.165) is 22.7 Å². The molecule has 4 heterocycles. The summed E-state index contributed by atoms with van der Waals surface area (Å²) in [6, 6.07) is 9.75. The van der Waals surface area contributed by atoms with E-state index in [-0.39, 0.29) is 6.61 Å². The van der Waals surface area contributed by atoms with Gasteiger partial charge < -0.3 is 13.9 Å². The molecule has 5 heteroatoms. The Morgan fingerprint density at radius 1 is 1.23 bits per heavy atom. The van der Waals surface area contributed by atoms with Crippen molar-refractivity contribution in [3.8, 4) is 21.9 Å². The lowest BCUT2D eigenvalue weighted by Crippen LogP contribution is -1.84. The topological polar surface area (TPSA) is 50.7 Å². The molecular formula is C17H14N2O2S. The van der Waals surface area contributed by atoms with Crippen LogP contribution < -0.4 is 0 Å². The van der Waals surface area contributed by atoms with Crippen LogP contribution in [0.4, 0.5) is 0 Å². The van der Waals surface area contributed by atoms with Crippen LogP contribution in [0.3, 0.4) is 0 Å². The number of furan rings is 1. The normalized spacial score (nSPS) is 11.4. The molecule has 0 bridgehead atoms. The van der Waals surface area contributed by atoms with E-state index >= 15 is 0 Å². The first kappa shape index (κ1) is 13.3. The van der Waals surface area contributed by atoms with Gasteiger partial charge in [0.25, 0.3) is 0 Å². The van der Waals surface area contributed by atoms with E-state index in [1.54, 1.807) is 17.4 Å². The lowest BCUT2D eigenvalue weighted by Gasteiger charge is -1.98. The van der Waals surface area contributed by atoms with Crippen molar-refractivity contribution >= 4 is 17.0 Å². The zero-order valence-electron chi connectivity index (χ0n) is 12.0. The summed E-state index contributed by atoms with van der Waals surface area (Å²) in [7, 11) is 0. The number of fused-ring (bicyclic) bond motifs is 1. The minimum Gasteiger partial charge on any atom is -0.459 e. The molecule has 0 fully saturated rings. The van der Waals surface area contributed by atoms with E-state index in [1.165, 1.54) is 10.4 Å². The molecule has 0 saturated heterocycles. The number of pyridine rings is 1. The molecule has 22 heavy (non-hydrogen) atoms. The van der Waals surface area contributed by atoms with Crippen LogP contribution in [-0.4, -0.2) is 14.5 Å². The van der Waals surface area contributed by atoms with Gasteiger partial charge in [-0.1, -0.05) is 0 Å². The quantitative estimate of drug-likeness (QED) is 0.619. The molecule has 0 spiro atoms. The fourth-order valence-electron chi connectivity index (χ4n) is 2.44. The van der Waals surface area contributed by atoms with Gasteiger partial charge in [-0.2, -0.15) is 0 Å². The molecule has 0 aliphatic rings. The van der Waals surface area contributed by atoms with E-state index in [0.29, 0.717) is 5.76 Å². The number of aliphatic hydroxyl groups excluding tert-OH is 1. The highest BCUT2D eigenvalue weighted by atomic mass is 32.1. The highest BCUT2D eigenvalue weighted by Crippen LogP contribution is 2.28. The van der Waals surface area contributed by atoms with E-state index < -0.39 is 0 Å². The van der Waals surface area contributed by atoms with Gasteiger partial charge in [-0.25, -0.2) is 4.98 Å². The van der Waals surface area contributed by atoms with Gasteiger partial charge in [0.05, 0.1) is 10.6 Å². The average Bonchev–Trinajstić information content (AvgIpc) is 3.24. The Hall–Kier alpha value is -2.37. The van der Waals surface area contributed by atoms with Crippen molar-refractivity contribution in [3.63, 3.8) is 0 Å². The molecule has 0 atom stereocenters. The third-order valence-electron chi connectivity index (χ3n) is 3.54. The van der Waals surface area contributed by atoms with Gasteiger partial charge in [0.15, 0.2) is 0 Å². The molecule has 0 aliphatic heterocycles. The van der Waals surface area contributed by atoms with Crippen molar-refractivity contribution in [1.82, 2.24) is 9.38 Å². The number of imidazole rings is 1. The molecule has 4 rings (SSSR count). The van der Waals surface area contributed by atoms with Crippen molar-refractivity contribution in [2.75, 3.05) is 0 Å². The lowest BCUT2D eigenvalue weighted by molar-refractivity contribution is 0.248. The van der Waals surface area contributed by atoms with Crippen molar-refractivity contribution in [2.24, 2.45) is 0 Å². The van der Waals surface area contributed by atoms with Crippen molar-refractivity contribution in [2.45, 2.75) is 13.5 Å². The number of thiophene rings is 1. The highest BCUT2D eigenvalue weighted by Gasteiger charge is 2.09. The summed E-state index contributed by atoms with van der Waals surface area (Å²) >= 11 is 1.70. The SMILES string of the molecule is Cc1csc(-c2cn3cc(-c4ccc(CO)o4)ccc3n2)c1. The van der Waals surface area contributed by atoms with Crippen LogP contribution in [0.2, 0.25) is 0 Å². The molecule has 110 valence electrons. The summed E-state index contributed by atoms with van der Waals surface area (Å²) in [6.45, 7) is 2.00. The van der Waals surface area contributed by atoms with Crippen LogP contribution in [0, 0.1) is 6.92 Å². The first-order valence-electron chi connectivity index (χ1n) is 6.97. The minimum atomic E-state index is -0.0881. The van der Waals surface area contributed by atoms with Gasteiger partial charge in [-0.05, 0) is 48.2 Å². The smallest absolute Gasteiger partial charge is 0.137 e. The maximum absolute atomic E-state index is 9.09. The Morgan fingerprint density at radius 3 is 2.86 bits per heavy atom. The number of hydrogen-bond donors (Lipinski definition) is 1. The molecule has 0 aromatic carbocycles. The summed E-state index contributed by atoms with van der Waals surface area (Å²) in [5, 5.41) is 11.2. The summed E-state index contributed by atoms with van der Waals surface area (Å²) in [5.74, 6) is 1.31. The van der Waals surface area contributed by atoms with E-state index in [4.69, 9.17) is 9.52 Å². The number of aryl methyl sites for hydroxylation is 1. The predicted molar refractivity (Wildman–Crippen MR) is 86.9 cm³/mol. The van der Waals surface area contributed by atoms with Crippen LogP contribution in [0.1, 0.15) is 11.3 Å². The van der Waals surface area contributed by atoms with Gasteiger partial charge in [0.2, 0.25) is 0 Å². The second-order valence-electron chi connectivity index (χ2n) is 5.22. The van der Waals surface area contributed by atoms with Crippen LogP contribution in [-0.2, 0) is 6.61 Å². The molecular weight excluding hydrogens is 296 g/mol.